The number of hydrogen-bond donors (Lipinski definition) is 1. The Morgan fingerprint density at radius 1 is 1.00 bits per heavy atom. The van der Waals surface area contributed by atoms with Gasteiger partial charge in [0.15, 0.2) is 0 Å². The Hall–Kier alpha value is -4.04. The fourth-order valence-electron chi connectivity index (χ4n) is 3.43. The fraction of sp³-hybridized carbons (Fsp3) is 0.120. The van der Waals surface area contributed by atoms with E-state index in [4.69, 9.17) is 11.6 Å². The van der Waals surface area contributed by atoms with Gasteiger partial charge in [0.05, 0.1) is 18.3 Å². The van der Waals surface area contributed by atoms with Gasteiger partial charge in [-0.1, -0.05) is 60.1 Å². The monoisotopic (exact) mass is 478 g/mol. The minimum atomic E-state index is -0.860. The number of carbonyl (C=O) groups is 1. The third kappa shape index (κ3) is 4.82. The van der Waals surface area contributed by atoms with Crippen molar-refractivity contribution in [2.24, 2.45) is 0 Å². The maximum Gasteiger partial charge on any atom is 0.352 e. The van der Waals surface area contributed by atoms with Crippen LogP contribution in [0.25, 0.3) is 5.69 Å². The van der Waals surface area contributed by atoms with Crippen LogP contribution in [-0.2, 0) is 6.54 Å². The van der Waals surface area contributed by atoms with Crippen molar-refractivity contribution in [1.82, 2.24) is 19.7 Å². The lowest BCUT2D eigenvalue weighted by atomic mass is 10.1. The van der Waals surface area contributed by atoms with Gasteiger partial charge in [-0.15, -0.1) is 0 Å². The summed E-state index contributed by atoms with van der Waals surface area (Å²) in [4.78, 5) is 39.5. The summed E-state index contributed by atoms with van der Waals surface area (Å²) in [6.07, 6.45) is 0. The van der Waals surface area contributed by atoms with Gasteiger partial charge < -0.3 is 5.32 Å². The van der Waals surface area contributed by atoms with E-state index in [0.29, 0.717) is 10.6 Å². The fourth-order valence-corrected chi connectivity index (χ4v) is 3.63. The molecular weight excluding hydrogens is 459 g/mol. The van der Waals surface area contributed by atoms with Crippen LogP contribution in [0, 0.1) is 5.82 Å². The Balaban J connectivity index is 1.82. The summed E-state index contributed by atoms with van der Waals surface area (Å²) in [5.74, 6) is -1.25. The van der Waals surface area contributed by atoms with Crippen LogP contribution in [0.15, 0.2) is 88.5 Å². The third-order valence-electron chi connectivity index (χ3n) is 5.28. The van der Waals surface area contributed by atoms with E-state index >= 15 is 0 Å². The first-order chi connectivity index (χ1) is 16.3. The standard InChI is InChI=1S/C25H20ClFN4O3/c1-16(17-7-3-2-4-8-17)28-23(32)22-24(33)30(15-18-9-5-6-10-21(18)26)25(34)31(29-22)20-13-11-19(27)12-14-20/h2-14,16H,15H2,1H3,(H,28,32)/t16-/m1/s1. The van der Waals surface area contributed by atoms with Gasteiger partial charge in [-0.2, -0.15) is 9.78 Å². The highest BCUT2D eigenvalue weighted by molar-refractivity contribution is 6.31. The largest absolute Gasteiger partial charge is 0.352 e. The first kappa shape index (κ1) is 23.1. The third-order valence-corrected chi connectivity index (χ3v) is 5.65. The van der Waals surface area contributed by atoms with Crippen molar-refractivity contribution in [3.63, 3.8) is 0 Å². The molecule has 1 heterocycles. The molecule has 4 rings (SSSR count). The molecule has 0 radical (unpaired) electrons. The molecule has 34 heavy (non-hydrogen) atoms. The number of nitrogens with one attached hydrogen (secondary N) is 1. The Morgan fingerprint density at radius 2 is 1.65 bits per heavy atom. The maximum absolute atomic E-state index is 13.4. The number of halogens is 2. The second-order valence-corrected chi connectivity index (χ2v) is 8.02. The molecular formula is C25H20ClFN4O3. The number of amides is 1. The summed E-state index contributed by atoms with van der Waals surface area (Å²) in [6.45, 7) is 1.60. The van der Waals surface area contributed by atoms with Gasteiger partial charge >= 0.3 is 5.69 Å². The summed E-state index contributed by atoms with van der Waals surface area (Å²) >= 11 is 6.23. The first-order valence-corrected chi connectivity index (χ1v) is 10.8. The van der Waals surface area contributed by atoms with Crippen LogP contribution in [0.5, 0.6) is 0 Å². The smallest absolute Gasteiger partial charge is 0.344 e. The summed E-state index contributed by atoms with van der Waals surface area (Å²) < 4.78 is 15.2. The van der Waals surface area contributed by atoms with Crippen LogP contribution in [0.1, 0.15) is 34.6 Å². The van der Waals surface area contributed by atoms with Crippen LogP contribution in [-0.4, -0.2) is 20.3 Å². The predicted molar refractivity (Wildman–Crippen MR) is 127 cm³/mol. The molecule has 0 aliphatic rings. The minimum Gasteiger partial charge on any atom is -0.344 e. The second kappa shape index (κ2) is 9.84. The van der Waals surface area contributed by atoms with E-state index in [-0.39, 0.29) is 12.2 Å². The van der Waals surface area contributed by atoms with Crippen molar-refractivity contribution in [3.05, 3.63) is 127 Å². The highest BCUT2D eigenvalue weighted by atomic mass is 35.5. The topological polar surface area (TPSA) is 86.0 Å². The van der Waals surface area contributed by atoms with Crippen molar-refractivity contribution in [3.8, 4) is 5.69 Å². The molecule has 4 aromatic rings. The van der Waals surface area contributed by atoms with Crippen LogP contribution >= 0.6 is 11.6 Å². The molecule has 3 aromatic carbocycles. The highest BCUT2D eigenvalue weighted by Gasteiger charge is 2.22. The predicted octanol–water partition coefficient (Wildman–Crippen LogP) is 3.73. The summed E-state index contributed by atoms with van der Waals surface area (Å²) in [5, 5.41) is 7.16. The molecule has 172 valence electrons. The Morgan fingerprint density at radius 3 is 2.32 bits per heavy atom. The summed E-state index contributed by atoms with van der Waals surface area (Å²) in [7, 11) is 0. The van der Waals surface area contributed by atoms with Gasteiger partial charge in [-0.3, -0.25) is 14.2 Å². The van der Waals surface area contributed by atoms with Gasteiger partial charge in [0.25, 0.3) is 11.5 Å². The molecule has 0 unspecified atom stereocenters. The molecule has 1 amide bonds. The number of hydrogen-bond acceptors (Lipinski definition) is 4. The molecule has 0 aliphatic carbocycles. The van der Waals surface area contributed by atoms with E-state index in [1.165, 1.54) is 12.1 Å². The number of benzene rings is 3. The zero-order valence-corrected chi connectivity index (χ0v) is 18.9. The lowest BCUT2D eigenvalue weighted by Crippen LogP contribution is -2.46. The molecule has 1 atom stereocenters. The molecule has 0 aliphatic heterocycles. The van der Waals surface area contributed by atoms with Crippen LogP contribution in [0.4, 0.5) is 4.39 Å². The van der Waals surface area contributed by atoms with Gasteiger partial charge in [0.1, 0.15) is 5.82 Å². The first-order valence-electron chi connectivity index (χ1n) is 10.4. The maximum atomic E-state index is 13.4. The molecule has 0 fully saturated rings. The van der Waals surface area contributed by atoms with Crippen LogP contribution < -0.4 is 16.6 Å². The summed E-state index contributed by atoms with van der Waals surface area (Å²) in [6, 6.07) is 20.5. The highest BCUT2D eigenvalue weighted by Crippen LogP contribution is 2.15. The number of carbonyl (C=O) groups excluding carboxylic acids is 1. The van der Waals surface area contributed by atoms with Crippen molar-refractivity contribution < 1.29 is 9.18 Å². The quantitative estimate of drug-likeness (QED) is 0.457. The molecule has 9 heteroatoms. The van der Waals surface area contributed by atoms with Crippen molar-refractivity contribution >= 4 is 17.5 Å². The van der Waals surface area contributed by atoms with E-state index in [1.54, 1.807) is 31.2 Å². The normalized spacial score (nSPS) is 11.7. The second-order valence-electron chi connectivity index (χ2n) is 7.61. The minimum absolute atomic E-state index is 0.171. The van der Waals surface area contributed by atoms with Crippen molar-refractivity contribution in [2.45, 2.75) is 19.5 Å². The van der Waals surface area contributed by atoms with Crippen LogP contribution in [0.2, 0.25) is 5.02 Å². The van der Waals surface area contributed by atoms with E-state index in [2.05, 4.69) is 10.4 Å². The molecule has 1 N–H and O–H groups in total. The number of aromatic nitrogens is 3. The lowest BCUT2D eigenvalue weighted by molar-refractivity contribution is 0.0930. The van der Waals surface area contributed by atoms with Crippen LogP contribution in [0.3, 0.4) is 0 Å². The van der Waals surface area contributed by atoms with Crippen molar-refractivity contribution in [1.29, 1.82) is 0 Å². The summed E-state index contributed by atoms with van der Waals surface area (Å²) in [5.41, 5.74) is -0.572. The van der Waals surface area contributed by atoms with E-state index < -0.39 is 34.7 Å². The van der Waals surface area contributed by atoms with Gasteiger partial charge in [0, 0.05) is 5.02 Å². The molecule has 0 spiro atoms. The van der Waals surface area contributed by atoms with E-state index in [9.17, 15) is 18.8 Å². The average Bonchev–Trinajstić information content (AvgIpc) is 2.84. The SMILES string of the molecule is C[C@@H](NC(=O)c1nn(-c2ccc(F)cc2)c(=O)n(Cc2ccccc2Cl)c1=O)c1ccccc1. The Kier molecular flexibility index (Phi) is 6.70. The Bertz CT molecular complexity index is 1450. The van der Waals surface area contributed by atoms with Crippen molar-refractivity contribution in [2.75, 3.05) is 0 Å². The molecule has 1 aromatic heterocycles. The molecule has 0 saturated heterocycles. The van der Waals surface area contributed by atoms with Gasteiger partial charge in [-0.05, 0) is 48.4 Å². The van der Waals surface area contributed by atoms with E-state index in [1.807, 2.05) is 30.3 Å². The van der Waals surface area contributed by atoms with Gasteiger partial charge in [0.2, 0.25) is 5.69 Å². The molecule has 0 saturated carbocycles. The molecule has 7 nitrogen and oxygen atoms in total. The van der Waals surface area contributed by atoms with E-state index in [0.717, 1.165) is 26.9 Å². The number of nitrogens with zero attached hydrogens (tertiary/aromatic N) is 3. The zero-order chi connectivity index (χ0) is 24.2. The zero-order valence-electron chi connectivity index (χ0n) is 18.1. The lowest BCUT2D eigenvalue weighted by Gasteiger charge is -2.16. The average molecular weight is 479 g/mol. The molecule has 0 bridgehead atoms. The van der Waals surface area contributed by atoms with Gasteiger partial charge in [-0.25, -0.2) is 9.18 Å². The number of rotatable bonds is 6. The Labute approximate surface area is 199 Å².